The van der Waals surface area contributed by atoms with Crippen LogP contribution in [-0.4, -0.2) is 50.7 Å². The lowest BCUT2D eigenvalue weighted by Crippen LogP contribution is -2.48. The van der Waals surface area contributed by atoms with Crippen molar-refractivity contribution in [2.45, 2.75) is 84.0 Å². The van der Waals surface area contributed by atoms with Crippen LogP contribution in [0.1, 0.15) is 89.5 Å². The highest BCUT2D eigenvalue weighted by molar-refractivity contribution is 5.63. The average Bonchev–Trinajstić information content (AvgIpc) is 2.77. The van der Waals surface area contributed by atoms with Gasteiger partial charge >= 0.3 is 0 Å². The molecular weight excluding hydrogens is 378 g/mol. The number of benzene rings is 1. The van der Waals surface area contributed by atoms with Crippen LogP contribution >= 0.6 is 0 Å². The largest absolute Gasteiger partial charge is 0.372 e. The summed E-state index contributed by atoms with van der Waals surface area (Å²) in [5.74, 6) is 1.75. The molecule has 0 radical (unpaired) electrons. The van der Waals surface area contributed by atoms with Crippen LogP contribution < -0.4 is 9.80 Å². The first-order valence-electron chi connectivity index (χ1n) is 13.4. The SMILES string of the molecule is CC1(C)CCC(c2cc(N3CCCCC3)ccc2N2CCN(CC3CCC3)CC2)CC1. The average molecular weight is 424 g/mol. The Balaban J connectivity index is 1.33. The third-order valence-corrected chi connectivity index (χ3v) is 8.97. The molecule has 1 aromatic rings. The van der Waals surface area contributed by atoms with Crippen molar-refractivity contribution in [1.29, 1.82) is 0 Å². The van der Waals surface area contributed by atoms with E-state index in [4.69, 9.17) is 0 Å². The minimum atomic E-state index is 0.536. The molecule has 0 bridgehead atoms. The van der Waals surface area contributed by atoms with Crippen LogP contribution in [0.4, 0.5) is 11.4 Å². The van der Waals surface area contributed by atoms with Crippen molar-refractivity contribution >= 4 is 11.4 Å². The van der Waals surface area contributed by atoms with Crippen LogP contribution in [0, 0.1) is 11.3 Å². The lowest BCUT2D eigenvalue weighted by molar-refractivity contribution is 0.170. The third kappa shape index (κ3) is 5.07. The van der Waals surface area contributed by atoms with Gasteiger partial charge in [0.2, 0.25) is 0 Å². The van der Waals surface area contributed by atoms with Crippen LogP contribution in [0.5, 0.6) is 0 Å². The quantitative estimate of drug-likeness (QED) is 0.551. The molecule has 1 aromatic carbocycles. The van der Waals surface area contributed by atoms with Crippen molar-refractivity contribution in [2.24, 2.45) is 11.3 Å². The minimum absolute atomic E-state index is 0.536. The molecule has 0 amide bonds. The predicted molar refractivity (Wildman–Crippen MR) is 133 cm³/mol. The fourth-order valence-corrected chi connectivity index (χ4v) is 6.43. The Bertz CT molecular complexity index is 714. The lowest BCUT2D eigenvalue weighted by Gasteiger charge is -2.42. The standard InChI is InChI=1S/C28H45N3/c1-28(2)13-11-24(12-14-28)26-21-25(30-15-4-3-5-16-30)9-10-27(26)31-19-17-29(18-20-31)22-23-7-6-8-23/h9-10,21,23-24H,3-8,11-20,22H2,1-2H3. The topological polar surface area (TPSA) is 9.72 Å². The summed E-state index contributed by atoms with van der Waals surface area (Å²) in [6.07, 6.45) is 14.0. The molecule has 5 rings (SSSR count). The summed E-state index contributed by atoms with van der Waals surface area (Å²) in [6.45, 7) is 13.7. The molecule has 0 spiro atoms. The maximum absolute atomic E-state index is 2.74. The summed E-state index contributed by atoms with van der Waals surface area (Å²) >= 11 is 0. The number of rotatable bonds is 5. The summed E-state index contributed by atoms with van der Waals surface area (Å²) < 4.78 is 0. The number of piperidine rings is 1. The van der Waals surface area contributed by atoms with Crippen molar-refractivity contribution in [1.82, 2.24) is 4.90 Å². The van der Waals surface area contributed by atoms with Crippen LogP contribution in [0.2, 0.25) is 0 Å². The maximum atomic E-state index is 2.74. The van der Waals surface area contributed by atoms with Gasteiger partial charge in [0.05, 0.1) is 0 Å². The summed E-state index contributed by atoms with van der Waals surface area (Å²) in [6, 6.07) is 7.56. The van der Waals surface area contributed by atoms with Gasteiger partial charge in [-0.15, -0.1) is 0 Å². The molecule has 0 aromatic heterocycles. The molecule has 0 N–H and O–H groups in total. The van der Waals surface area contributed by atoms with Gasteiger partial charge in [0.1, 0.15) is 0 Å². The van der Waals surface area contributed by atoms with Gasteiger partial charge in [-0.3, -0.25) is 4.90 Å². The molecule has 2 saturated carbocycles. The summed E-state index contributed by atoms with van der Waals surface area (Å²) in [5, 5.41) is 0. The first-order valence-corrected chi connectivity index (χ1v) is 13.4. The molecule has 2 aliphatic heterocycles. The Kier molecular flexibility index (Phi) is 6.51. The number of piperazine rings is 1. The van der Waals surface area contributed by atoms with Gasteiger partial charge in [0.15, 0.2) is 0 Å². The van der Waals surface area contributed by atoms with Crippen LogP contribution in [0.15, 0.2) is 18.2 Å². The van der Waals surface area contributed by atoms with E-state index in [1.165, 1.54) is 116 Å². The molecule has 2 heterocycles. The van der Waals surface area contributed by atoms with Gasteiger partial charge in [0, 0.05) is 57.2 Å². The van der Waals surface area contributed by atoms with Crippen molar-refractivity contribution in [3.63, 3.8) is 0 Å². The molecular formula is C28H45N3. The van der Waals surface area contributed by atoms with Gasteiger partial charge in [-0.2, -0.15) is 0 Å². The zero-order chi connectivity index (χ0) is 21.3. The van der Waals surface area contributed by atoms with Gasteiger partial charge < -0.3 is 9.80 Å². The second-order valence-corrected chi connectivity index (χ2v) is 11.8. The highest BCUT2D eigenvalue weighted by Gasteiger charge is 2.31. The summed E-state index contributed by atoms with van der Waals surface area (Å²) in [5.41, 5.74) is 5.26. The van der Waals surface area contributed by atoms with Crippen LogP contribution in [0.3, 0.4) is 0 Å². The van der Waals surface area contributed by atoms with Crippen molar-refractivity contribution < 1.29 is 0 Å². The van der Waals surface area contributed by atoms with Gasteiger partial charge in [0.25, 0.3) is 0 Å². The second-order valence-electron chi connectivity index (χ2n) is 11.8. The summed E-state index contributed by atoms with van der Waals surface area (Å²) in [4.78, 5) is 8.12. The van der Waals surface area contributed by atoms with Crippen molar-refractivity contribution in [2.75, 3.05) is 55.6 Å². The second kappa shape index (κ2) is 9.33. The normalized spacial score (nSPS) is 26.1. The summed E-state index contributed by atoms with van der Waals surface area (Å²) in [7, 11) is 0. The number of anilines is 2. The van der Waals surface area contributed by atoms with Crippen LogP contribution in [0.25, 0.3) is 0 Å². The molecule has 0 atom stereocenters. The molecule has 0 unspecified atom stereocenters. The molecule has 3 heteroatoms. The lowest BCUT2D eigenvalue weighted by atomic mass is 9.71. The molecule has 31 heavy (non-hydrogen) atoms. The Hall–Kier alpha value is -1.22. The molecule has 3 nitrogen and oxygen atoms in total. The van der Waals surface area contributed by atoms with E-state index in [1.807, 2.05) is 0 Å². The minimum Gasteiger partial charge on any atom is -0.372 e. The molecule has 172 valence electrons. The molecule has 4 aliphatic rings. The van der Waals surface area contributed by atoms with E-state index in [2.05, 4.69) is 46.7 Å². The van der Waals surface area contributed by atoms with E-state index < -0.39 is 0 Å². The third-order valence-electron chi connectivity index (χ3n) is 8.97. The van der Waals surface area contributed by atoms with Gasteiger partial charge in [-0.25, -0.2) is 0 Å². The number of hydrogen-bond donors (Lipinski definition) is 0. The van der Waals surface area contributed by atoms with E-state index >= 15 is 0 Å². The van der Waals surface area contributed by atoms with Gasteiger partial charge in [-0.05, 0) is 98.8 Å². The molecule has 2 aliphatic carbocycles. The zero-order valence-corrected chi connectivity index (χ0v) is 20.2. The Morgan fingerprint density at radius 2 is 1.48 bits per heavy atom. The number of nitrogens with zero attached hydrogens (tertiary/aromatic N) is 3. The van der Waals surface area contributed by atoms with Crippen LogP contribution in [-0.2, 0) is 0 Å². The van der Waals surface area contributed by atoms with E-state index in [9.17, 15) is 0 Å². The van der Waals surface area contributed by atoms with Gasteiger partial charge in [-0.1, -0.05) is 20.3 Å². The van der Waals surface area contributed by atoms with E-state index in [1.54, 1.807) is 11.3 Å². The molecule has 2 saturated heterocycles. The Morgan fingerprint density at radius 1 is 0.774 bits per heavy atom. The van der Waals surface area contributed by atoms with E-state index in [0.29, 0.717) is 5.41 Å². The van der Waals surface area contributed by atoms with E-state index in [-0.39, 0.29) is 0 Å². The fourth-order valence-electron chi connectivity index (χ4n) is 6.43. The fraction of sp³-hybridized carbons (Fsp3) is 0.786. The highest BCUT2D eigenvalue weighted by Crippen LogP contribution is 2.46. The zero-order valence-electron chi connectivity index (χ0n) is 20.2. The van der Waals surface area contributed by atoms with Crippen molar-refractivity contribution in [3.05, 3.63) is 23.8 Å². The van der Waals surface area contributed by atoms with E-state index in [0.717, 1.165) is 11.8 Å². The molecule has 4 fully saturated rings. The first kappa shape index (κ1) is 21.6. The van der Waals surface area contributed by atoms with Crippen molar-refractivity contribution in [3.8, 4) is 0 Å². The smallest absolute Gasteiger partial charge is 0.0404 e. The highest BCUT2D eigenvalue weighted by atomic mass is 15.3. The first-order chi connectivity index (χ1) is 15.1. The maximum Gasteiger partial charge on any atom is 0.0404 e. The Labute approximate surface area is 191 Å². The Morgan fingerprint density at radius 3 is 2.13 bits per heavy atom. The number of hydrogen-bond acceptors (Lipinski definition) is 3. The monoisotopic (exact) mass is 423 g/mol. The predicted octanol–water partition coefficient (Wildman–Crippen LogP) is 6.28.